The zero-order valence-corrected chi connectivity index (χ0v) is 8.06. The highest BCUT2D eigenvalue weighted by Crippen LogP contribution is 2.32. The van der Waals surface area contributed by atoms with Crippen molar-refractivity contribution in [3.63, 3.8) is 0 Å². The Morgan fingerprint density at radius 2 is 1.67 bits per heavy atom. The fraction of sp³-hybridized carbons (Fsp3) is 0.875. The molecular formula is C8H14O3S. The molecule has 0 bridgehead atoms. The van der Waals surface area contributed by atoms with Crippen LogP contribution in [0, 0.1) is 0 Å². The quantitative estimate of drug-likeness (QED) is 0.609. The van der Waals surface area contributed by atoms with Gasteiger partial charge in [0.2, 0.25) is 0 Å². The van der Waals surface area contributed by atoms with E-state index in [9.17, 15) is 13.2 Å². The molecule has 1 rings (SSSR count). The summed E-state index contributed by atoms with van der Waals surface area (Å²) in [6.45, 7) is 0. The third kappa shape index (κ3) is 1.53. The number of sulfone groups is 1. The summed E-state index contributed by atoms with van der Waals surface area (Å²) in [4.78, 5) is 10.7. The predicted molar refractivity (Wildman–Crippen MR) is 46.7 cm³/mol. The van der Waals surface area contributed by atoms with Gasteiger partial charge in [-0.05, 0) is 12.8 Å². The Kier molecular flexibility index (Phi) is 2.56. The zero-order chi connectivity index (χ0) is 9.24. The van der Waals surface area contributed by atoms with E-state index < -0.39 is 14.6 Å². The topological polar surface area (TPSA) is 51.2 Å². The third-order valence-corrected chi connectivity index (χ3v) is 4.63. The molecule has 1 aliphatic rings. The molecule has 12 heavy (non-hydrogen) atoms. The molecule has 0 saturated heterocycles. The highest BCUT2D eigenvalue weighted by Gasteiger charge is 2.41. The highest BCUT2D eigenvalue weighted by atomic mass is 32.2. The van der Waals surface area contributed by atoms with E-state index in [0.717, 1.165) is 25.5 Å². The van der Waals surface area contributed by atoms with E-state index in [2.05, 4.69) is 0 Å². The standard InChI is InChI=1S/C8H14O3S/c1-12(10,11)8(7-9)5-3-2-4-6-8/h7H,2-6H2,1H3. The third-order valence-electron chi connectivity index (χ3n) is 2.65. The van der Waals surface area contributed by atoms with Crippen molar-refractivity contribution in [3.8, 4) is 0 Å². The Labute approximate surface area is 73.1 Å². The lowest BCUT2D eigenvalue weighted by molar-refractivity contribution is -0.110. The van der Waals surface area contributed by atoms with Crippen LogP contribution in [-0.4, -0.2) is 25.7 Å². The summed E-state index contributed by atoms with van der Waals surface area (Å²) in [5, 5.41) is 0. The van der Waals surface area contributed by atoms with Crippen LogP contribution < -0.4 is 0 Å². The van der Waals surface area contributed by atoms with Crippen molar-refractivity contribution in [1.29, 1.82) is 0 Å². The lowest BCUT2D eigenvalue weighted by Crippen LogP contribution is -2.41. The first-order chi connectivity index (χ1) is 5.52. The van der Waals surface area contributed by atoms with Crippen LogP contribution in [-0.2, 0) is 14.6 Å². The van der Waals surface area contributed by atoms with Crippen molar-refractivity contribution in [3.05, 3.63) is 0 Å². The summed E-state index contributed by atoms with van der Waals surface area (Å²) in [7, 11) is -3.21. The number of hydrogen-bond donors (Lipinski definition) is 0. The fourth-order valence-corrected chi connectivity index (χ4v) is 2.93. The summed E-state index contributed by atoms with van der Waals surface area (Å²) in [5.74, 6) is 0. The van der Waals surface area contributed by atoms with Crippen LogP contribution in [0.2, 0.25) is 0 Å². The van der Waals surface area contributed by atoms with Gasteiger partial charge in [-0.15, -0.1) is 0 Å². The molecule has 0 aromatic heterocycles. The van der Waals surface area contributed by atoms with Crippen LogP contribution in [0.3, 0.4) is 0 Å². The van der Waals surface area contributed by atoms with E-state index in [1.807, 2.05) is 0 Å². The second-order valence-electron chi connectivity index (χ2n) is 3.52. The summed E-state index contributed by atoms with van der Waals surface area (Å²) < 4.78 is 21.6. The molecule has 0 amide bonds. The Hall–Kier alpha value is -0.380. The van der Waals surface area contributed by atoms with E-state index in [4.69, 9.17) is 0 Å². The van der Waals surface area contributed by atoms with Crippen LogP contribution >= 0.6 is 0 Å². The second kappa shape index (κ2) is 3.17. The number of carbonyl (C=O) groups excluding carboxylic acids is 1. The average Bonchev–Trinajstić information content (AvgIpc) is 2.04. The van der Waals surface area contributed by atoms with Gasteiger partial charge < -0.3 is 4.79 Å². The van der Waals surface area contributed by atoms with Crippen molar-refractivity contribution in [2.75, 3.05) is 6.26 Å². The van der Waals surface area contributed by atoms with Crippen LogP contribution in [0.15, 0.2) is 0 Å². The number of hydrogen-bond acceptors (Lipinski definition) is 3. The van der Waals surface area contributed by atoms with Crippen molar-refractivity contribution in [2.24, 2.45) is 0 Å². The normalized spacial score (nSPS) is 23.4. The van der Waals surface area contributed by atoms with Gasteiger partial charge in [0, 0.05) is 6.26 Å². The number of rotatable bonds is 2. The van der Waals surface area contributed by atoms with Crippen LogP contribution in [0.5, 0.6) is 0 Å². The average molecular weight is 190 g/mol. The van der Waals surface area contributed by atoms with E-state index in [1.54, 1.807) is 0 Å². The summed E-state index contributed by atoms with van der Waals surface area (Å²) in [5.41, 5.74) is 0. The smallest absolute Gasteiger partial charge is 0.159 e. The van der Waals surface area contributed by atoms with E-state index in [0.29, 0.717) is 19.1 Å². The molecule has 0 spiro atoms. The van der Waals surface area contributed by atoms with Gasteiger partial charge in [0.25, 0.3) is 0 Å². The molecule has 70 valence electrons. The lowest BCUT2D eigenvalue weighted by atomic mass is 9.89. The van der Waals surface area contributed by atoms with E-state index >= 15 is 0 Å². The molecule has 0 aromatic carbocycles. The maximum atomic E-state index is 11.3. The van der Waals surface area contributed by atoms with Gasteiger partial charge in [-0.1, -0.05) is 19.3 Å². The number of aldehydes is 1. The van der Waals surface area contributed by atoms with Crippen LogP contribution in [0.4, 0.5) is 0 Å². The van der Waals surface area contributed by atoms with Gasteiger partial charge in [0.05, 0.1) is 0 Å². The molecule has 0 unspecified atom stereocenters. The second-order valence-corrected chi connectivity index (χ2v) is 5.87. The van der Waals surface area contributed by atoms with Crippen molar-refractivity contribution < 1.29 is 13.2 Å². The molecule has 0 atom stereocenters. The first-order valence-corrected chi connectivity index (χ1v) is 6.07. The summed E-state index contributed by atoms with van der Waals surface area (Å²) in [6.07, 6.45) is 5.56. The molecule has 0 aromatic rings. The minimum atomic E-state index is -3.21. The largest absolute Gasteiger partial charge is 0.302 e. The highest BCUT2D eigenvalue weighted by molar-refractivity contribution is 7.92. The molecule has 3 nitrogen and oxygen atoms in total. The van der Waals surface area contributed by atoms with E-state index in [-0.39, 0.29) is 0 Å². The summed E-state index contributed by atoms with van der Waals surface area (Å²) in [6, 6.07) is 0. The van der Waals surface area contributed by atoms with Gasteiger partial charge in [-0.3, -0.25) is 0 Å². The Morgan fingerprint density at radius 3 is 1.92 bits per heavy atom. The van der Waals surface area contributed by atoms with Gasteiger partial charge in [-0.25, -0.2) is 8.42 Å². The van der Waals surface area contributed by atoms with Gasteiger partial charge in [0.1, 0.15) is 11.0 Å². The lowest BCUT2D eigenvalue weighted by Gasteiger charge is -2.29. The molecule has 1 saturated carbocycles. The van der Waals surface area contributed by atoms with Gasteiger partial charge in [0.15, 0.2) is 9.84 Å². The molecular weight excluding hydrogens is 176 g/mol. The minimum absolute atomic E-state index is 0.509. The monoisotopic (exact) mass is 190 g/mol. The van der Waals surface area contributed by atoms with E-state index in [1.165, 1.54) is 0 Å². The molecule has 4 heteroatoms. The first-order valence-electron chi connectivity index (χ1n) is 4.18. The Morgan fingerprint density at radius 1 is 1.17 bits per heavy atom. The predicted octanol–water partition coefficient (Wildman–Crippen LogP) is 0.933. The van der Waals surface area contributed by atoms with Crippen molar-refractivity contribution >= 4 is 16.1 Å². The minimum Gasteiger partial charge on any atom is -0.302 e. The molecule has 1 fully saturated rings. The Balaban J connectivity index is 2.96. The van der Waals surface area contributed by atoms with Crippen LogP contribution in [0.1, 0.15) is 32.1 Å². The SMILES string of the molecule is CS(=O)(=O)C1(C=O)CCCCC1. The molecule has 1 aliphatic carbocycles. The number of carbonyl (C=O) groups is 1. The van der Waals surface area contributed by atoms with Gasteiger partial charge in [-0.2, -0.15) is 0 Å². The zero-order valence-electron chi connectivity index (χ0n) is 7.25. The maximum Gasteiger partial charge on any atom is 0.159 e. The maximum absolute atomic E-state index is 11.3. The fourth-order valence-electron chi connectivity index (χ4n) is 1.73. The first kappa shape index (κ1) is 9.71. The van der Waals surface area contributed by atoms with Crippen molar-refractivity contribution in [2.45, 2.75) is 36.9 Å². The molecule has 0 aliphatic heterocycles. The van der Waals surface area contributed by atoms with Gasteiger partial charge >= 0.3 is 0 Å². The summed E-state index contributed by atoms with van der Waals surface area (Å²) >= 11 is 0. The molecule has 0 heterocycles. The molecule has 0 N–H and O–H groups in total. The molecule has 0 radical (unpaired) electrons. The van der Waals surface area contributed by atoms with Crippen LogP contribution in [0.25, 0.3) is 0 Å². The van der Waals surface area contributed by atoms with Crippen molar-refractivity contribution in [1.82, 2.24) is 0 Å². The Bertz CT molecular complexity index is 260.